The molecule has 0 atom stereocenters. The van der Waals surface area contributed by atoms with E-state index in [1.165, 1.54) is 10.9 Å². The maximum absolute atomic E-state index is 13.0. The van der Waals surface area contributed by atoms with Crippen LogP contribution in [0, 0.1) is 5.82 Å². The van der Waals surface area contributed by atoms with Gasteiger partial charge in [0.2, 0.25) is 0 Å². The van der Waals surface area contributed by atoms with Crippen molar-refractivity contribution >= 4 is 41.3 Å². The molecule has 0 aliphatic heterocycles. The molecular formula is C16H21FIN3S. The lowest BCUT2D eigenvalue weighted by atomic mass is 10.1. The molecule has 6 heteroatoms. The number of nitrogens with two attached hydrogens (primary N) is 1. The van der Waals surface area contributed by atoms with Gasteiger partial charge in [0, 0.05) is 18.0 Å². The second-order valence-corrected chi connectivity index (χ2v) is 5.79. The Morgan fingerprint density at radius 3 is 2.82 bits per heavy atom. The van der Waals surface area contributed by atoms with Crippen LogP contribution in [0.25, 0.3) is 0 Å². The van der Waals surface area contributed by atoms with Gasteiger partial charge < -0.3 is 11.1 Å². The number of hydrogen-bond donors (Lipinski definition) is 2. The third-order valence-electron chi connectivity index (χ3n) is 3.05. The third-order valence-corrected chi connectivity index (χ3v) is 3.99. The minimum atomic E-state index is -0.189. The SMILES string of the molecule is I.NC(=NCCCc1cccc(F)c1)NCCc1cccs1. The molecule has 0 aliphatic carbocycles. The molecule has 0 unspecified atom stereocenters. The number of hydrogen-bond acceptors (Lipinski definition) is 2. The molecule has 22 heavy (non-hydrogen) atoms. The number of guanidine groups is 1. The minimum Gasteiger partial charge on any atom is -0.370 e. The molecule has 3 N–H and O–H groups in total. The molecule has 1 aromatic carbocycles. The zero-order valence-electron chi connectivity index (χ0n) is 12.3. The van der Waals surface area contributed by atoms with Crippen molar-refractivity contribution in [1.29, 1.82) is 0 Å². The maximum atomic E-state index is 13.0. The lowest BCUT2D eigenvalue weighted by molar-refractivity contribution is 0.624. The first-order chi connectivity index (χ1) is 10.2. The molecule has 0 fully saturated rings. The Labute approximate surface area is 151 Å². The van der Waals surface area contributed by atoms with Crippen molar-refractivity contribution in [3.63, 3.8) is 0 Å². The molecule has 2 aromatic rings. The Morgan fingerprint density at radius 2 is 2.09 bits per heavy atom. The molecule has 0 saturated carbocycles. The van der Waals surface area contributed by atoms with Crippen LogP contribution in [0.4, 0.5) is 4.39 Å². The lowest BCUT2D eigenvalue weighted by Crippen LogP contribution is -2.33. The zero-order valence-corrected chi connectivity index (χ0v) is 15.4. The van der Waals surface area contributed by atoms with Crippen molar-refractivity contribution in [2.45, 2.75) is 19.3 Å². The summed E-state index contributed by atoms with van der Waals surface area (Å²) in [6, 6.07) is 10.8. The number of nitrogens with zero attached hydrogens (tertiary/aromatic N) is 1. The van der Waals surface area contributed by atoms with E-state index in [0.717, 1.165) is 31.4 Å². The van der Waals surface area contributed by atoms with Crippen LogP contribution in [0.2, 0.25) is 0 Å². The second kappa shape index (κ2) is 10.6. The van der Waals surface area contributed by atoms with Crippen LogP contribution >= 0.6 is 35.3 Å². The van der Waals surface area contributed by atoms with E-state index in [1.54, 1.807) is 23.5 Å². The summed E-state index contributed by atoms with van der Waals surface area (Å²) in [5, 5.41) is 5.17. The van der Waals surface area contributed by atoms with Gasteiger partial charge in [0.25, 0.3) is 0 Å². The standard InChI is InChI=1S/C16H20FN3S.HI/c17-14-6-1-4-13(12-14)5-2-9-19-16(18)20-10-8-15-7-3-11-21-15;/h1,3-4,6-7,11-12H,2,5,8-10H2,(H3,18,19,20);1H. The van der Waals surface area contributed by atoms with Gasteiger partial charge in [0.15, 0.2) is 5.96 Å². The van der Waals surface area contributed by atoms with Crippen molar-refractivity contribution in [2.75, 3.05) is 13.1 Å². The summed E-state index contributed by atoms with van der Waals surface area (Å²) in [4.78, 5) is 5.61. The topological polar surface area (TPSA) is 50.4 Å². The quantitative estimate of drug-likeness (QED) is 0.304. The van der Waals surface area contributed by atoms with E-state index in [0.29, 0.717) is 12.5 Å². The highest BCUT2D eigenvalue weighted by Crippen LogP contribution is 2.08. The average Bonchev–Trinajstić information content (AvgIpc) is 2.97. The summed E-state index contributed by atoms with van der Waals surface area (Å²) in [5.74, 6) is 0.288. The van der Waals surface area contributed by atoms with Crippen LogP contribution in [0.5, 0.6) is 0 Å². The smallest absolute Gasteiger partial charge is 0.188 e. The maximum Gasteiger partial charge on any atom is 0.188 e. The Balaban J connectivity index is 0.00000242. The zero-order chi connectivity index (χ0) is 14.9. The molecule has 0 saturated heterocycles. The molecule has 0 amide bonds. The first-order valence-electron chi connectivity index (χ1n) is 7.04. The van der Waals surface area contributed by atoms with Crippen LogP contribution in [0.15, 0.2) is 46.8 Å². The fourth-order valence-electron chi connectivity index (χ4n) is 2.00. The van der Waals surface area contributed by atoms with Crippen molar-refractivity contribution in [3.05, 3.63) is 58.0 Å². The monoisotopic (exact) mass is 433 g/mol. The van der Waals surface area contributed by atoms with Crippen LogP contribution < -0.4 is 11.1 Å². The highest BCUT2D eigenvalue weighted by Gasteiger charge is 1.97. The number of nitrogens with one attached hydrogen (secondary N) is 1. The molecule has 0 bridgehead atoms. The summed E-state index contributed by atoms with van der Waals surface area (Å²) in [6.45, 7) is 1.44. The predicted molar refractivity (Wildman–Crippen MR) is 103 cm³/mol. The summed E-state index contributed by atoms with van der Waals surface area (Å²) in [7, 11) is 0. The number of thiophene rings is 1. The van der Waals surface area contributed by atoms with Crippen molar-refractivity contribution < 1.29 is 4.39 Å². The van der Waals surface area contributed by atoms with Crippen molar-refractivity contribution in [3.8, 4) is 0 Å². The van der Waals surface area contributed by atoms with Gasteiger partial charge in [-0.1, -0.05) is 18.2 Å². The fraction of sp³-hybridized carbons (Fsp3) is 0.312. The van der Waals surface area contributed by atoms with Crippen LogP contribution in [0.1, 0.15) is 16.9 Å². The number of benzene rings is 1. The summed E-state index contributed by atoms with van der Waals surface area (Å²) in [5.41, 5.74) is 6.79. The summed E-state index contributed by atoms with van der Waals surface area (Å²) >= 11 is 1.74. The van der Waals surface area contributed by atoms with E-state index >= 15 is 0 Å². The van der Waals surface area contributed by atoms with E-state index < -0.39 is 0 Å². The molecule has 0 spiro atoms. The number of halogens is 2. The predicted octanol–water partition coefficient (Wildman–Crippen LogP) is 3.58. The molecular weight excluding hydrogens is 412 g/mol. The normalized spacial score (nSPS) is 11.0. The van der Waals surface area contributed by atoms with E-state index in [2.05, 4.69) is 21.8 Å². The Bertz CT molecular complexity index is 573. The molecule has 2 rings (SSSR count). The first-order valence-corrected chi connectivity index (χ1v) is 7.92. The Kier molecular flexibility index (Phi) is 9.07. The van der Waals surface area contributed by atoms with Gasteiger partial charge in [-0.05, 0) is 48.4 Å². The lowest BCUT2D eigenvalue weighted by Gasteiger charge is -2.05. The fourth-order valence-corrected chi connectivity index (χ4v) is 2.71. The van der Waals surface area contributed by atoms with Crippen LogP contribution in [-0.2, 0) is 12.8 Å². The first kappa shape index (κ1) is 18.9. The van der Waals surface area contributed by atoms with Crippen molar-refractivity contribution in [2.24, 2.45) is 10.7 Å². The van der Waals surface area contributed by atoms with Gasteiger partial charge in [-0.15, -0.1) is 35.3 Å². The van der Waals surface area contributed by atoms with E-state index in [9.17, 15) is 4.39 Å². The van der Waals surface area contributed by atoms with Gasteiger partial charge in [-0.3, -0.25) is 4.99 Å². The van der Waals surface area contributed by atoms with Gasteiger partial charge in [-0.25, -0.2) is 4.39 Å². The van der Waals surface area contributed by atoms with Crippen LogP contribution in [0.3, 0.4) is 0 Å². The summed E-state index contributed by atoms with van der Waals surface area (Å²) < 4.78 is 13.0. The molecule has 0 radical (unpaired) electrons. The van der Waals surface area contributed by atoms with E-state index in [-0.39, 0.29) is 29.8 Å². The van der Waals surface area contributed by atoms with E-state index in [4.69, 9.17) is 5.73 Å². The highest BCUT2D eigenvalue weighted by atomic mass is 127. The third kappa shape index (κ3) is 7.22. The number of aryl methyl sites for hydroxylation is 1. The number of aliphatic imine (C=N–C) groups is 1. The largest absolute Gasteiger partial charge is 0.370 e. The Hall–Kier alpha value is -1.15. The highest BCUT2D eigenvalue weighted by molar-refractivity contribution is 14.0. The molecule has 0 aliphatic rings. The van der Waals surface area contributed by atoms with E-state index in [1.807, 2.05) is 12.1 Å². The van der Waals surface area contributed by atoms with Gasteiger partial charge in [0.05, 0.1) is 0 Å². The number of rotatable bonds is 7. The molecule has 1 heterocycles. The molecule has 3 nitrogen and oxygen atoms in total. The Morgan fingerprint density at radius 1 is 1.23 bits per heavy atom. The van der Waals surface area contributed by atoms with Gasteiger partial charge in [0.1, 0.15) is 5.82 Å². The average molecular weight is 433 g/mol. The minimum absolute atomic E-state index is 0. The molecule has 1 aromatic heterocycles. The molecule has 120 valence electrons. The van der Waals surface area contributed by atoms with Gasteiger partial charge >= 0.3 is 0 Å². The van der Waals surface area contributed by atoms with Crippen LogP contribution in [-0.4, -0.2) is 19.0 Å². The summed E-state index contributed by atoms with van der Waals surface area (Å²) in [6.07, 6.45) is 2.62. The van der Waals surface area contributed by atoms with Gasteiger partial charge in [-0.2, -0.15) is 0 Å². The van der Waals surface area contributed by atoms with Crippen molar-refractivity contribution in [1.82, 2.24) is 5.32 Å². The second-order valence-electron chi connectivity index (χ2n) is 4.76.